The maximum absolute atomic E-state index is 11.4. The van der Waals surface area contributed by atoms with Crippen molar-refractivity contribution in [3.63, 3.8) is 0 Å². The van der Waals surface area contributed by atoms with E-state index in [0.29, 0.717) is 10.4 Å². The van der Waals surface area contributed by atoms with Crippen LogP contribution in [0.1, 0.15) is 26.5 Å². The van der Waals surface area contributed by atoms with Crippen molar-refractivity contribution in [1.82, 2.24) is 9.71 Å². The first kappa shape index (κ1) is 12.2. The van der Waals surface area contributed by atoms with Crippen molar-refractivity contribution < 1.29 is 14.7 Å². The molecule has 0 atom stereocenters. The van der Waals surface area contributed by atoms with Gasteiger partial charge in [0.05, 0.1) is 23.5 Å². The largest absolute Gasteiger partial charge is 0.459 e. The van der Waals surface area contributed by atoms with Crippen molar-refractivity contribution in [1.29, 1.82) is 5.41 Å². The van der Waals surface area contributed by atoms with Gasteiger partial charge in [-0.2, -0.15) is 4.73 Å². The summed E-state index contributed by atoms with van der Waals surface area (Å²) < 4.78 is 5.62. The van der Waals surface area contributed by atoms with Gasteiger partial charge in [-0.25, -0.2) is 0 Å². The van der Waals surface area contributed by atoms with Gasteiger partial charge in [-0.1, -0.05) is 0 Å². The fourth-order valence-electron chi connectivity index (χ4n) is 0.878. The highest BCUT2D eigenvalue weighted by Crippen LogP contribution is 2.15. The summed E-state index contributed by atoms with van der Waals surface area (Å²) in [6, 6.07) is 0. The molecule has 0 radical (unpaired) electrons. The zero-order chi connectivity index (χ0) is 12.3. The molecule has 0 fully saturated rings. The number of nitrogens with zero attached hydrogens (tertiary/aromatic N) is 2. The van der Waals surface area contributed by atoms with Gasteiger partial charge < -0.3 is 9.94 Å². The first-order valence-electron chi connectivity index (χ1n) is 4.79. The minimum atomic E-state index is -0.565. The van der Waals surface area contributed by atoms with E-state index in [9.17, 15) is 10.0 Å². The van der Waals surface area contributed by atoms with Gasteiger partial charge in [0.1, 0.15) is 6.61 Å². The van der Waals surface area contributed by atoms with E-state index < -0.39 is 5.41 Å². The van der Waals surface area contributed by atoms with Gasteiger partial charge in [0.25, 0.3) is 0 Å². The molecule has 1 aromatic rings. The molecule has 0 bridgehead atoms. The van der Waals surface area contributed by atoms with Crippen molar-refractivity contribution >= 4 is 5.97 Å². The molecule has 0 unspecified atom stereocenters. The lowest BCUT2D eigenvalue weighted by molar-refractivity contribution is -0.154. The molecule has 6 nitrogen and oxygen atoms in total. The Labute approximate surface area is 93.0 Å². The van der Waals surface area contributed by atoms with Gasteiger partial charge in [-0.3, -0.25) is 15.2 Å². The topological polar surface area (TPSA) is 88.2 Å². The van der Waals surface area contributed by atoms with Crippen LogP contribution < -0.4 is 5.49 Å². The van der Waals surface area contributed by atoms with E-state index in [0.717, 1.165) is 0 Å². The molecule has 0 aliphatic heterocycles. The van der Waals surface area contributed by atoms with E-state index in [-0.39, 0.29) is 18.1 Å². The Morgan fingerprint density at radius 2 is 2.25 bits per heavy atom. The van der Waals surface area contributed by atoms with Crippen LogP contribution in [0.2, 0.25) is 0 Å². The van der Waals surface area contributed by atoms with E-state index in [1.165, 1.54) is 12.4 Å². The van der Waals surface area contributed by atoms with E-state index in [2.05, 4.69) is 4.98 Å². The highest BCUT2D eigenvalue weighted by molar-refractivity contribution is 5.75. The summed E-state index contributed by atoms with van der Waals surface area (Å²) in [7, 11) is 0. The molecular weight excluding hydrogens is 210 g/mol. The summed E-state index contributed by atoms with van der Waals surface area (Å²) in [6.45, 7) is 5.24. The monoisotopic (exact) mass is 225 g/mol. The number of hydrogen-bond donors (Lipinski definition) is 2. The number of ether oxygens (including phenoxy) is 1. The summed E-state index contributed by atoms with van der Waals surface area (Å²) in [5.74, 6) is -0.339. The molecule has 0 amide bonds. The van der Waals surface area contributed by atoms with Crippen molar-refractivity contribution in [2.45, 2.75) is 27.4 Å². The van der Waals surface area contributed by atoms with Crippen LogP contribution in [0.5, 0.6) is 0 Å². The van der Waals surface area contributed by atoms with Gasteiger partial charge in [0.15, 0.2) is 5.49 Å². The lowest BCUT2D eigenvalue weighted by Gasteiger charge is -2.16. The summed E-state index contributed by atoms with van der Waals surface area (Å²) in [5, 5.41) is 16.3. The van der Waals surface area contributed by atoms with Crippen LogP contribution in [-0.2, 0) is 16.1 Å². The van der Waals surface area contributed by atoms with E-state index >= 15 is 0 Å². The van der Waals surface area contributed by atoms with E-state index in [4.69, 9.17) is 10.1 Å². The molecule has 0 spiro atoms. The van der Waals surface area contributed by atoms with Crippen LogP contribution in [0.4, 0.5) is 0 Å². The third kappa shape index (κ3) is 3.08. The van der Waals surface area contributed by atoms with Crippen molar-refractivity contribution in [2.24, 2.45) is 5.41 Å². The van der Waals surface area contributed by atoms with Crippen LogP contribution in [0, 0.1) is 10.8 Å². The number of aromatic nitrogens is 2. The Kier molecular flexibility index (Phi) is 3.31. The molecule has 2 N–H and O–H groups in total. The third-order valence-electron chi connectivity index (χ3n) is 1.83. The Bertz CT molecular complexity index is 445. The quantitative estimate of drug-likeness (QED) is 0.572. The Balaban J connectivity index is 2.66. The molecule has 0 aliphatic rings. The fourth-order valence-corrected chi connectivity index (χ4v) is 0.878. The highest BCUT2D eigenvalue weighted by Gasteiger charge is 2.23. The molecule has 0 saturated heterocycles. The summed E-state index contributed by atoms with van der Waals surface area (Å²) in [5.41, 5.74) is -0.313. The van der Waals surface area contributed by atoms with Gasteiger partial charge in [0.2, 0.25) is 0 Å². The van der Waals surface area contributed by atoms with E-state index in [1.807, 2.05) is 0 Å². The minimum absolute atomic E-state index is 0.0169. The van der Waals surface area contributed by atoms with Crippen molar-refractivity contribution in [3.05, 3.63) is 23.6 Å². The van der Waals surface area contributed by atoms with Gasteiger partial charge in [0, 0.05) is 0 Å². The van der Waals surface area contributed by atoms with Crippen LogP contribution >= 0.6 is 0 Å². The summed E-state index contributed by atoms with van der Waals surface area (Å²) >= 11 is 0. The number of nitrogens with one attached hydrogen (secondary N) is 1. The van der Waals surface area contributed by atoms with Gasteiger partial charge in [-0.15, -0.1) is 0 Å². The zero-order valence-electron chi connectivity index (χ0n) is 9.52. The summed E-state index contributed by atoms with van der Waals surface area (Å²) in [6.07, 6.45) is 2.42. The number of carbonyl (C=O) groups is 1. The molecular formula is C10H15N3O3. The average Bonchev–Trinajstić information content (AvgIpc) is 2.18. The first-order chi connectivity index (χ1) is 7.30. The molecule has 0 aliphatic carbocycles. The molecule has 6 heteroatoms. The average molecular weight is 225 g/mol. The predicted octanol–water partition coefficient (Wildman–Crippen LogP) is 0.689. The Morgan fingerprint density at radius 1 is 1.62 bits per heavy atom. The number of hydrogen-bond acceptors (Lipinski definition) is 5. The highest BCUT2D eigenvalue weighted by atomic mass is 16.5. The maximum atomic E-state index is 11.4. The molecule has 0 aromatic carbocycles. The zero-order valence-corrected chi connectivity index (χ0v) is 9.52. The predicted molar refractivity (Wildman–Crippen MR) is 54.5 cm³/mol. The lowest BCUT2D eigenvalue weighted by Crippen LogP contribution is -2.24. The first-order valence-corrected chi connectivity index (χ1v) is 4.79. The Morgan fingerprint density at radius 3 is 2.75 bits per heavy atom. The number of rotatable bonds is 2. The van der Waals surface area contributed by atoms with Crippen LogP contribution in [-0.4, -0.2) is 20.9 Å². The molecule has 0 saturated carbocycles. The number of carbonyl (C=O) groups excluding carboxylic acids is 1. The van der Waals surface area contributed by atoms with Crippen LogP contribution in [0.15, 0.2) is 12.4 Å². The molecule has 1 rings (SSSR count). The fraction of sp³-hybridized carbons (Fsp3) is 0.500. The van der Waals surface area contributed by atoms with Crippen molar-refractivity contribution in [2.75, 3.05) is 0 Å². The molecule has 16 heavy (non-hydrogen) atoms. The normalized spacial score (nSPS) is 11.2. The van der Waals surface area contributed by atoms with E-state index in [1.54, 1.807) is 20.8 Å². The van der Waals surface area contributed by atoms with Gasteiger partial charge in [-0.05, 0) is 20.8 Å². The second-order valence-electron chi connectivity index (χ2n) is 4.43. The minimum Gasteiger partial charge on any atom is -0.459 e. The second-order valence-corrected chi connectivity index (χ2v) is 4.43. The molecule has 88 valence electrons. The number of esters is 1. The van der Waals surface area contributed by atoms with Crippen LogP contribution in [0.25, 0.3) is 0 Å². The van der Waals surface area contributed by atoms with Crippen LogP contribution in [0.3, 0.4) is 0 Å². The molecule has 1 aromatic heterocycles. The SMILES string of the molecule is CC(C)(C)C(=O)OCc1cn(O)c(=N)cn1. The standard InChI is InChI=1S/C10H15N3O3/c1-10(2,3)9(14)16-6-7-5-13(15)8(11)4-12-7/h4-5,11,15H,6H2,1-3H3. The lowest BCUT2D eigenvalue weighted by atomic mass is 9.97. The Hall–Kier alpha value is -1.85. The van der Waals surface area contributed by atoms with Gasteiger partial charge >= 0.3 is 5.97 Å². The third-order valence-corrected chi connectivity index (χ3v) is 1.83. The summed E-state index contributed by atoms with van der Waals surface area (Å²) in [4.78, 5) is 15.3. The second kappa shape index (κ2) is 4.34. The smallest absolute Gasteiger partial charge is 0.311 e. The van der Waals surface area contributed by atoms with Crippen molar-refractivity contribution in [3.8, 4) is 0 Å². The molecule has 1 heterocycles. The maximum Gasteiger partial charge on any atom is 0.311 e.